The number of ether oxygens (including phenoxy) is 1. The van der Waals surface area contributed by atoms with Gasteiger partial charge in [-0.05, 0) is 30.7 Å². The molecule has 0 bridgehead atoms. The van der Waals surface area contributed by atoms with Crippen LogP contribution in [0.3, 0.4) is 0 Å². The van der Waals surface area contributed by atoms with Crippen molar-refractivity contribution >= 4 is 11.6 Å². The van der Waals surface area contributed by atoms with Crippen LogP contribution in [0.4, 0.5) is 5.69 Å². The standard InChI is InChI=1S/C20H24N2O3/c1-15(16-5-3-2-4-6-16)20(24)21-18-7-8-19(23)17(13-18)14-22-9-11-25-12-10-22/h2-8,13,15,23H,9-12,14H2,1H3,(H,21,24)/t15-/m1/s1. The smallest absolute Gasteiger partial charge is 0.231 e. The van der Waals surface area contributed by atoms with Crippen LogP contribution < -0.4 is 5.32 Å². The number of carbonyl (C=O) groups is 1. The van der Waals surface area contributed by atoms with E-state index in [1.165, 1.54) is 0 Å². The Labute approximate surface area is 148 Å². The van der Waals surface area contributed by atoms with Crippen molar-refractivity contribution < 1.29 is 14.6 Å². The molecule has 0 unspecified atom stereocenters. The van der Waals surface area contributed by atoms with E-state index in [2.05, 4.69) is 10.2 Å². The molecule has 2 aromatic rings. The molecule has 1 atom stereocenters. The summed E-state index contributed by atoms with van der Waals surface area (Å²) in [6.07, 6.45) is 0. The first-order chi connectivity index (χ1) is 12.1. The maximum absolute atomic E-state index is 12.5. The molecule has 3 rings (SSSR count). The molecule has 132 valence electrons. The van der Waals surface area contributed by atoms with Crippen molar-refractivity contribution in [3.8, 4) is 5.75 Å². The number of phenolic OH excluding ortho intramolecular Hbond substituents is 1. The van der Waals surface area contributed by atoms with Crippen molar-refractivity contribution in [2.75, 3.05) is 31.6 Å². The molecular formula is C20H24N2O3. The molecular weight excluding hydrogens is 316 g/mol. The fourth-order valence-corrected chi connectivity index (χ4v) is 2.93. The van der Waals surface area contributed by atoms with E-state index in [-0.39, 0.29) is 17.6 Å². The second kappa shape index (κ2) is 8.14. The Morgan fingerprint density at radius 3 is 2.64 bits per heavy atom. The Morgan fingerprint density at radius 1 is 1.20 bits per heavy atom. The van der Waals surface area contributed by atoms with Gasteiger partial charge < -0.3 is 15.2 Å². The first-order valence-corrected chi connectivity index (χ1v) is 8.61. The molecule has 1 aliphatic heterocycles. The normalized spacial score (nSPS) is 16.4. The van der Waals surface area contributed by atoms with Crippen LogP contribution in [0.2, 0.25) is 0 Å². The number of rotatable bonds is 5. The molecule has 0 aromatic heterocycles. The van der Waals surface area contributed by atoms with Crippen molar-refractivity contribution in [3.63, 3.8) is 0 Å². The highest BCUT2D eigenvalue weighted by Crippen LogP contribution is 2.25. The minimum atomic E-state index is -0.238. The summed E-state index contributed by atoms with van der Waals surface area (Å²) < 4.78 is 5.35. The molecule has 5 heteroatoms. The highest BCUT2D eigenvalue weighted by Gasteiger charge is 2.17. The number of nitrogens with one attached hydrogen (secondary N) is 1. The van der Waals surface area contributed by atoms with Gasteiger partial charge in [0.1, 0.15) is 5.75 Å². The molecule has 1 fully saturated rings. The number of aromatic hydroxyl groups is 1. The summed E-state index contributed by atoms with van der Waals surface area (Å²) in [5.41, 5.74) is 2.49. The number of hydrogen-bond acceptors (Lipinski definition) is 4. The van der Waals surface area contributed by atoms with E-state index >= 15 is 0 Å². The lowest BCUT2D eigenvalue weighted by Crippen LogP contribution is -2.35. The summed E-state index contributed by atoms with van der Waals surface area (Å²) >= 11 is 0. The third-order valence-corrected chi connectivity index (χ3v) is 4.54. The van der Waals surface area contributed by atoms with E-state index in [0.717, 1.165) is 24.2 Å². The molecule has 0 aliphatic carbocycles. The molecule has 1 aliphatic rings. The summed E-state index contributed by atoms with van der Waals surface area (Å²) in [6, 6.07) is 14.9. The topological polar surface area (TPSA) is 61.8 Å². The quantitative estimate of drug-likeness (QED) is 0.822. The van der Waals surface area contributed by atoms with Gasteiger partial charge in [-0.1, -0.05) is 30.3 Å². The molecule has 0 spiro atoms. The van der Waals surface area contributed by atoms with Gasteiger partial charge in [0.05, 0.1) is 19.1 Å². The predicted molar refractivity (Wildman–Crippen MR) is 97.7 cm³/mol. The van der Waals surface area contributed by atoms with Crippen LogP contribution in [0.1, 0.15) is 24.0 Å². The summed E-state index contributed by atoms with van der Waals surface area (Å²) in [5, 5.41) is 13.1. The number of anilines is 1. The van der Waals surface area contributed by atoms with Gasteiger partial charge in [-0.25, -0.2) is 0 Å². The van der Waals surface area contributed by atoms with Gasteiger partial charge in [-0.2, -0.15) is 0 Å². The first-order valence-electron chi connectivity index (χ1n) is 8.61. The zero-order valence-electron chi connectivity index (χ0n) is 14.4. The van der Waals surface area contributed by atoms with E-state index in [4.69, 9.17) is 4.74 Å². The number of hydrogen-bond donors (Lipinski definition) is 2. The van der Waals surface area contributed by atoms with E-state index in [0.29, 0.717) is 25.4 Å². The number of amides is 1. The predicted octanol–water partition coefficient (Wildman–Crippen LogP) is 2.97. The molecule has 1 heterocycles. The highest BCUT2D eigenvalue weighted by molar-refractivity contribution is 5.95. The van der Waals surface area contributed by atoms with Gasteiger partial charge in [0.15, 0.2) is 0 Å². The van der Waals surface area contributed by atoms with Crippen LogP contribution in [0.25, 0.3) is 0 Å². The van der Waals surface area contributed by atoms with E-state index in [1.807, 2.05) is 43.3 Å². The molecule has 2 N–H and O–H groups in total. The Balaban J connectivity index is 1.68. The van der Waals surface area contributed by atoms with Gasteiger partial charge in [0.25, 0.3) is 0 Å². The maximum Gasteiger partial charge on any atom is 0.231 e. The van der Waals surface area contributed by atoms with Gasteiger partial charge in [-0.3, -0.25) is 9.69 Å². The van der Waals surface area contributed by atoms with Crippen LogP contribution in [0, 0.1) is 0 Å². The fraction of sp³-hybridized carbons (Fsp3) is 0.350. The number of morpholine rings is 1. The third kappa shape index (κ3) is 4.59. The molecule has 1 amide bonds. The van der Waals surface area contributed by atoms with Crippen molar-refractivity contribution in [1.29, 1.82) is 0 Å². The van der Waals surface area contributed by atoms with Crippen LogP contribution in [0.5, 0.6) is 5.75 Å². The molecule has 5 nitrogen and oxygen atoms in total. The lowest BCUT2D eigenvalue weighted by atomic mass is 10.0. The van der Waals surface area contributed by atoms with Gasteiger partial charge in [-0.15, -0.1) is 0 Å². The second-order valence-corrected chi connectivity index (χ2v) is 6.35. The number of carbonyl (C=O) groups excluding carboxylic acids is 1. The lowest BCUT2D eigenvalue weighted by molar-refractivity contribution is -0.117. The first kappa shape index (κ1) is 17.5. The van der Waals surface area contributed by atoms with Crippen molar-refractivity contribution in [2.24, 2.45) is 0 Å². The van der Waals surface area contributed by atoms with Crippen molar-refractivity contribution in [1.82, 2.24) is 4.90 Å². The maximum atomic E-state index is 12.5. The molecule has 1 saturated heterocycles. The fourth-order valence-electron chi connectivity index (χ4n) is 2.93. The van der Waals surface area contributed by atoms with Crippen LogP contribution in [-0.2, 0) is 16.1 Å². The van der Waals surface area contributed by atoms with Crippen LogP contribution in [-0.4, -0.2) is 42.2 Å². The summed E-state index contributed by atoms with van der Waals surface area (Å²) in [7, 11) is 0. The van der Waals surface area contributed by atoms with Gasteiger partial charge in [0, 0.05) is 30.9 Å². The SMILES string of the molecule is C[C@@H](C(=O)Nc1ccc(O)c(CN2CCOCC2)c1)c1ccccc1. The minimum absolute atomic E-state index is 0.0609. The Morgan fingerprint density at radius 2 is 1.92 bits per heavy atom. The third-order valence-electron chi connectivity index (χ3n) is 4.54. The largest absolute Gasteiger partial charge is 0.508 e. The lowest BCUT2D eigenvalue weighted by Gasteiger charge is -2.27. The second-order valence-electron chi connectivity index (χ2n) is 6.35. The van der Waals surface area contributed by atoms with E-state index in [9.17, 15) is 9.90 Å². The van der Waals surface area contributed by atoms with E-state index < -0.39 is 0 Å². The molecule has 25 heavy (non-hydrogen) atoms. The Bertz CT molecular complexity index is 712. The van der Waals surface area contributed by atoms with Crippen LogP contribution in [0.15, 0.2) is 48.5 Å². The van der Waals surface area contributed by atoms with Gasteiger partial charge in [0.2, 0.25) is 5.91 Å². The number of benzene rings is 2. The van der Waals surface area contributed by atoms with Crippen molar-refractivity contribution in [2.45, 2.75) is 19.4 Å². The van der Waals surface area contributed by atoms with Crippen molar-refractivity contribution in [3.05, 3.63) is 59.7 Å². The van der Waals surface area contributed by atoms with Crippen LogP contribution >= 0.6 is 0 Å². The van der Waals surface area contributed by atoms with E-state index in [1.54, 1.807) is 12.1 Å². The average Bonchev–Trinajstić information content (AvgIpc) is 2.65. The summed E-state index contributed by atoms with van der Waals surface area (Å²) in [6.45, 7) is 5.66. The summed E-state index contributed by atoms with van der Waals surface area (Å²) in [5.74, 6) is -0.0486. The zero-order valence-corrected chi connectivity index (χ0v) is 14.4. The number of phenols is 1. The van der Waals surface area contributed by atoms with Gasteiger partial charge >= 0.3 is 0 Å². The summed E-state index contributed by atoms with van der Waals surface area (Å²) in [4.78, 5) is 14.7. The Kier molecular flexibility index (Phi) is 5.68. The number of nitrogens with zero attached hydrogens (tertiary/aromatic N) is 1. The highest BCUT2D eigenvalue weighted by atomic mass is 16.5. The zero-order chi connectivity index (χ0) is 17.6. The Hall–Kier alpha value is -2.37. The minimum Gasteiger partial charge on any atom is -0.508 e. The average molecular weight is 340 g/mol. The molecule has 2 aromatic carbocycles. The molecule has 0 radical (unpaired) electrons. The monoisotopic (exact) mass is 340 g/mol. The molecule has 0 saturated carbocycles.